The van der Waals surface area contributed by atoms with Gasteiger partial charge in [-0.05, 0) is 58.3 Å². The van der Waals surface area contributed by atoms with Crippen LogP contribution in [-0.4, -0.2) is 17.1 Å². The highest BCUT2D eigenvalue weighted by Crippen LogP contribution is 2.37. The molecule has 0 aliphatic rings. The van der Waals surface area contributed by atoms with Crippen molar-refractivity contribution in [3.63, 3.8) is 0 Å². The molecule has 2 heterocycles. The van der Waals surface area contributed by atoms with E-state index in [1.807, 2.05) is 30.3 Å². The van der Waals surface area contributed by atoms with E-state index >= 15 is 0 Å². The van der Waals surface area contributed by atoms with Crippen LogP contribution in [0.2, 0.25) is 0 Å². The molecule has 6 rings (SSSR count). The highest BCUT2D eigenvalue weighted by molar-refractivity contribution is 6.13. The molecular weight excluding hydrogens is 392 g/mol. The van der Waals surface area contributed by atoms with E-state index in [2.05, 4.69) is 72.8 Å². The van der Waals surface area contributed by atoms with Crippen molar-refractivity contribution in [2.24, 2.45) is 0 Å². The summed E-state index contributed by atoms with van der Waals surface area (Å²) in [5, 5.41) is 4.67. The standard InChI is InChI=1S/C29H20N2O/c1-32-22-14-10-20(11-15-22)24-18-28(26-16-13-21-7-3-5-9-25(21)30-26)31-27-17-12-19-6-2-4-8-23(19)29(24)27/h2-18H,1H3. The fourth-order valence-corrected chi connectivity index (χ4v) is 4.35. The first-order valence-electron chi connectivity index (χ1n) is 10.6. The third kappa shape index (κ3) is 3.07. The minimum Gasteiger partial charge on any atom is -0.497 e. The number of pyridine rings is 2. The summed E-state index contributed by atoms with van der Waals surface area (Å²) in [4.78, 5) is 9.93. The molecule has 0 unspecified atom stereocenters. The van der Waals surface area contributed by atoms with Crippen molar-refractivity contribution in [3.05, 3.63) is 103 Å². The molecule has 0 amide bonds. The van der Waals surface area contributed by atoms with Crippen LogP contribution in [-0.2, 0) is 0 Å². The molecule has 0 saturated carbocycles. The van der Waals surface area contributed by atoms with Gasteiger partial charge in [0, 0.05) is 10.8 Å². The van der Waals surface area contributed by atoms with Gasteiger partial charge < -0.3 is 4.74 Å². The van der Waals surface area contributed by atoms with E-state index in [0.717, 1.165) is 50.1 Å². The molecular formula is C29H20N2O. The Hall–Kier alpha value is -4.24. The van der Waals surface area contributed by atoms with Crippen molar-refractivity contribution < 1.29 is 4.74 Å². The van der Waals surface area contributed by atoms with Crippen molar-refractivity contribution in [2.45, 2.75) is 0 Å². The van der Waals surface area contributed by atoms with E-state index < -0.39 is 0 Å². The molecule has 0 spiro atoms. The van der Waals surface area contributed by atoms with Gasteiger partial charge in [-0.2, -0.15) is 0 Å². The Morgan fingerprint density at radius 1 is 0.594 bits per heavy atom. The first-order valence-corrected chi connectivity index (χ1v) is 10.6. The number of ether oxygens (including phenoxy) is 1. The van der Waals surface area contributed by atoms with Crippen LogP contribution >= 0.6 is 0 Å². The summed E-state index contributed by atoms with van der Waals surface area (Å²) in [5.74, 6) is 0.841. The van der Waals surface area contributed by atoms with Crippen molar-refractivity contribution in [3.8, 4) is 28.3 Å². The lowest BCUT2D eigenvalue weighted by Gasteiger charge is -2.13. The van der Waals surface area contributed by atoms with Gasteiger partial charge in [0.25, 0.3) is 0 Å². The number of nitrogens with zero attached hydrogens (tertiary/aromatic N) is 2. The SMILES string of the molecule is COc1ccc(-c2cc(-c3ccc4ccccc4n3)nc3ccc4ccccc4c23)cc1. The van der Waals surface area contributed by atoms with Crippen LogP contribution in [0.3, 0.4) is 0 Å². The van der Waals surface area contributed by atoms with Crippen LogP contribution in [0.1, 0.15) is 0 Å². The fourth-order valence-electron chi connectivity index (χ4n) is 4.35. The van der Waals surface area contributed by atoms with Crippen LogP contribution in [0, 0.1) is 0 Å². The van der Waals surface area contributed by atoms with Gasteiger partial charge in [-0.3, -0.25) is 0 Å². The molecule has 0 N–H and O–H groups in total. The summed E-state index contributed by atoms with van der Waals surface area (Å²) in [6.07, 6.45) is 0. The minimum absolute atomic E-state index is 0.841. The van der Waals surface area contributed by atoms with Crippen LogP contribution < -0.4 is 4.74 Å². The smallest absolute Gasteiger partial charge is 0.118 e. The highest BCUT2D eigenvalue weighted by Gasteiger charge is 2.13. The number of hydrogen-bond donors (Lipinski definition) is 0. The first kappa shape index (κ1) is 18.5. The van der Waals surface area contributed by atoms with Crippen molar-refractivity contribution in [2.75, 3.05) is 7.11 Å². The van der Waals surface area contributed by atoms with Crippen LogP contribution in [0.25, 0.3) is 55.1 Å². The molecule has 0 aliphatic carbocycles. The molecule has 6 aromatic rings. The van der Waals surface area contributed by atoms with E-state index in [-0.39, 0.29) is 0 Å². The third-order valence-electron chi connectivity index (χ3n) is 5.96. The summed E-state index contributed by atoms with van der Waals surface area (Å²) in [6.45, 7) is 0. The summed E-state index contributed by atoms with van der Waals surface area (Å²) >= 11 is 0. The lowest BCUT2D eigenvalue weighted by atomic mass is 9.95. The minimum atomic E-state index is 0.841. The lowest BCUT2D eigenvalue weighted by molar-refractivity contribution is 0.415. The van der Waals surface area contributed by atoms with Crippen molar-refractivity contribution >= 4 is 32.6 Å². The lowest BCUT2D eigenvalue weighted by Crippen LogP contribution is -1.93. The highest BCUT2D eigenvalue weighted by atomic mass is 16.5. The van der Waals surface area contributed by atoms with E-state index in [1.165, 1.54) is 10.8 Å². The molecule has 0 saturated heterocycles. The predicted octanol–water partition coefficient (Wildman–Crippen LogP) is 7.28. The first-order chi connectivity index (χ1) is 15.8. The zero-order valence-electron chi connectivity index (χ0n) is 17.6. The molecule has 4 aromatic carbocycles. The second-order valence-corrected chi connectivity index (χ2v) is 7.85. The Kier molecular flexibility index (Phi) is 4.32. The zero-order chi connectivity index (χ0) is 21.5. The molecule has 0 aliphatic heterocycles. The molecule has 32 heavy (non-hydrogen) atoms. The van der Waals surface area contributed by atoms with Crippen LogP contribution in [0.5, 0.6) is 5.75 Å². The number of hydrogen-bond acceptors (Lipinski definition) is 3. The molecule has 152 valence electrons. The number of aromatic nitrogens is 2. The van der Waals surface area contributed by atoms with Gasteiger partial charge in [-0.1, -0.05) is 66.7 Å². The summed E-state index contributed by atoms with van der Waals surface area (Å²) in [5.41, 5.74) is 5.92. The number of para-hydroxylation sites is 1. The predicted molar refractivity (Wildman–Crippen MR) is 132 cm³/mol. The second kappa shape index (κ2) is 7.47. The Morgan fingerprint density at radius 2 is 1.31 bits per heavy atom. The maximum atomic E-state index is 5.37. The Bertz CT molecular complexity index is 1600. The van der Waals surface area contributed by atoms with Crippen molar-refractivity contribution in [1.29, 1.82) is 0 Å². The van der Waals surface area contributed by atoms with Gasteiger partial charge in [0.15, 0.2) is 0 Å². The van der Waals surface area contributed by atoms with Crippen molar-refractivity contribution in [1.82, 2.24) is 9.97 Å². The van der Waals surface area contributed by atoms with Crippen LogP contribution in [0.4, 0.5) is 0 Å². The van der Waals surface area contributed by atoms with Gasteiger partial charge in [0.1, 0.15) is 5.75 Å². The molecule has 2 aromatic heterocycles. The molecule has 0 radical (unpaired) electrons. The molecule has 0 fully saturated rings. The van der Waals surface area contributed by atoms with Gasteiger partial charge in [0.2, 0.25) is 0 Å². The summed E-state index contributed by atoms with van der Waals surface area (Å²) in [6, 6.07) is 35.4. The normalized spacial score (nSPS) is 11.3. The number of methoxy groups -OCH3 is 1. The van der Waals surface area contributed by atoms with E-state index in [0.29, 0.717) is 0 Å². The molecule has 3 nitrogen and oxygen atoms in total. The Morgan fingerprint density at radius 3 is 2.16 bits per heavy atom. The largest absolute Gasteiger partial charge is 0.497 e. The summed E-state index contributed by atoms with van der Waals surface area (Å²) < 4.78 is 5.37. The Balaban J connectivity index is 1.66. The van der Waals surface area contributed by atoms with Crippen LogP contribution in [0.15, 0.2) is 103 Å². The maximum absolute atomic E-state index is 5.37. The number of benzene rings is 4. The van der Waals surface area contributed by atoms with Gasteiger partial charge in [-0.25, -0.2) is 9.97 Å². The monoisotopic (exact) mass is 412 g/mol. The third-order valence-corrected chi connectivity index (χ3v) is 5.96. The average molecular weight is 412 g/mol. The topological polar surface area (TPSA) is 35.0 Å². The maximum Gasteiger partial charge on any atom is 0.118 e. The quantitative estimate of drug-likeness (QED) is 0.287. The van der Waals surface area contributed by atoms with Gasteiger partial charge in [-0.15, -0.1) is 0 Å². The number of rotatable bonds is 3. The van der Waals surface area contributed by atoms with Gasteiger partial charge in [0.05, 0.1) is 29.5 Å². The van der Waals surface area contributed by atoms with E-state index in [4.69, 9.17) is 14.7 Å². The van der Waals surface area contributed by atoms with E-state index in [1.54, 1.807) is 7.11 Å². The van der Waals surface area contributed by atoms with E-state index in [9.17, 15) is 0 Å². The van der Waals surface area contributed by atoms with Gasteiger partial charge >= 0.3 is 0 Å². The molecule has 0 atom stereocenters. The number of fused-ring (bicyclic) bond motifs is 4. The second-order valence-electron chi connectivity index (χ2n) is 7.85. The summed E-state index contributed by atoms with van der Waals surface area (Å²) in [7, 11) is 1.69. The average Bonchev–Trinajstić information content (AvgIpc) is 2.87. The Labute approximate surface area is 186 Å². The molecule has 3 heteroatoms. The fraction of sp³-hybridized carbons (Fsp3) is 0.0345. The molecule has 0 bridgehead atoms. The zero-order valence-corrected chi connectivity index (χ0v) is 17.6.